The number of ether oxygens (including phenoxy) is 3. The lowest BCUT2D eigenvalue weighted by Crippen LogP contribution is -2.78. The average Bonchev–Trinajstić information content (AvgIpc) is 2.69. The third kappa shape index (κ3) is 1.75. The minimum atomic E-state index is -1.30. The first kappa shape index (κ1) is 16.9. The van der Waals surface area contributed by atoms with Gasteiger partial charge in [-0.1, -0.05) is 19.9 Å². The summed E-state index contributed by atoms with van der Waals surface area (Å²) < 4.78 is 17.8. The molecule has 0 aromatic rings. The van der Waals surface area contributed by atoms with Crippen LogP contribution in [0, 0.1) is 10.8 Å². The Balaban J connectivity index is 1.85. The summed E-state index contributed by atoms with van der Waals surface area (Å²) in [5.41, 5.74) is -2.34. The predicted molar refractivity (Wildman–Crippen MR) is 87.6 cm³/mol. The van der Waals surface area contributed by atoms with E-state index in [9.17, 15) is 14.7 Å². The number of esters is 1. The highest BCUT2D eigenvalue weighted by Gasteiger charge is 2.81. The number of hydrogen-bond donors (Lipinski definition) is 1. The van der Waals surface area contributed by atoms with Gasteiger partial charge in [-0.2, -0.15) is 0 Å². The number of allylic oxidation sites excluding steroid dienone is 1. The molecule has 2 aliphatic carbocycles. The van der Waals surface area contributed by atoms with Crippen LogP contribution in [0.2, 0.25) is 0 Å². The van der Waals surface area contributed by atoms with Crippen LogP contribution >= 0.6 is 0 Å². The summed E-state index contributed by atoms with van der Waals surface area (Å²) in [5, 5.41) is 11.5. The molecular formula is C19H24O6. The number of ketones is 1. The van der Waals surface area contributed by atoms with Gasteiger partial charge >= 0.3 is 5.97 Å². The second kappa shape index (κ2) is 5.02. The molecule has 4 bridgehead atoms. The number of rotatable bonds is 2. The Hall–Kier alpha value is -1.50. The van der Waals surface area contributed by atoms with Crippen molar-refractivity contribution in [3.05, 3.63) is 23.8 Å². The van der Waals surface area contributed by atoms with Crippen molar-refractivity contribution >= 4 is 11.8 Å². The van der Waals surface area contributed by atoms with Crippen LogP contribution in [0.5, 0.6) is 0 Å². The standard InChI is InChI=1S/C19H24O6/c1-5-6-14(20)25-12-8-13-19(22)9-23-16-15(21)10(2)7-11(24-13)17(16,3)18(12,19)4/h5-7,11-13,16,22H,8-9H2,1-4H3/t11-,12-,13-,16-,17-,18-,19+/m1/s1. The van der Waals surface area contributed by atoms with Crippen molar-refractivity contribution in [2.45, 2.75) is 64.1 Å². The van der Waals surface area contributed by atoms with E-state index in [2.05, 4.69) is 0 Å². The van der Waals surface area contributed by atoms with Crippen molar-refractivity contribution in [3.8, 4) is 0 Å². The number of hydrogen-bond acceptors (Lipinski definition) is 6. The van der Waals surface area contributed by atoms with Crippen molar-refractivity contribution in [1.82, 2.24) is 0 Å². The van der Waals surface area contributed by atoms with Crippen LogP contribution in [0.25, 0.3) is 0 Å². The van der Waals surface area contributed by atoms with E-state index in [-0.39, 0.29) is 18.5 Å². The Kier molecular flexibility index (Phi) is 3.40. The summed E-state index contributed by atoms with van der Waals surface area (Å²) in [4.78, 5) is 24.8. The molecule has 0 amide bonds. The molecule has 136 valence electrons. The van der Waals surface area contributed by atoms with Gasteiger partial charge in [0.25, 0.3) is 0 Å². The number of aliphatic hydroxyl groups is 1. The molecule has 25 heavy (non-hydrogen) atoms. The number of carbonyl (C=O) groups excluding carboxylic acids is 2. The number of Topliss-reactive ketones (excluding diaryl/α,β-unsaturated/α-hetero) is 1. The molecular weight excluding hydrogens is 324 g/mol. The molecule has 1 N–H and O–H groups in total. The van der Waals surface area contributed by atoms with Gasteiger partial charge in [-0.3, -0.25) is 4.79 Å². The monoisotopic (exact) mass is 348 g/mol. The molecule has 6 nitrogen and oxygen atoms in total. The van der Waals surface area contributed by atoms with Crippen molar-refractivity contribution in [2.75, 3.05) is 6.61 Å². The van der Waals surface area contributed by atoms with Gasteiger partial charge < -0.3 is 19.3 Å². The smallest absolute Gasteiger partial charge is 0.330 e. The van der Waals surface area contributed by atoms with E-state index in [0.29, 0.717) is 12.0 Å². The molecule has 2 heterocycles. The highest BCUT2D eigenvalue weighted by atomic mass is 16.6. The Bertz CT molecular complexity index is 711. The minimum absolute atomic E-state index is 0.00215. The van der Waals surface area contributed by atoms with E-state index < -0.39 is 40.7 Å². The van der Waals surface area contributed by atoms with Crippen molar-refractivity contribution in [3.63, 3.8) is 0 Å². The van der Waals surface area contributed by atoms with Gasteiger partial charge in [-0.25, -0.2) is 4.79 Å². The van der Waals surface area contributed by atoms with Gasteiger partial charge in [0.1, 0.15) is 17.8 Å². The molecule has 0 aromatic heterocycles. The van der Waals surface area contributed by atoms with Crippen LogP contribution < -0.4 is 0 Å². The van der Waals surface area contributed by atoms with Gasteiger partial charge in [0.05, 0.1) is 18.8 Å². The summed E-state index contributed by atoms with van der Waals surface area (Å²) in [6, 6.07) is 0. The Morgan fingerprint density at radius 3 is 2.84 bits per heavy atom. The van der Waals surface area contributed by atoms with Crippen LogP contribution in [0.3, 0.4) is 0 Å². The maximum atomic E-state index is 12.7. The zero-order valence-corrected chi connectivity index (χ0v) is 14.9. The first-order valence-corrected chi connectivity index (χ1v) is 8.75. The van der Waals surface area contributed by atoms with E-state index >= 15 is 0 Å². The summed E-state index contributed by atoms with van der Waals surface area (Å²) in [5.74, 6) is -0.537. The summed E-state index contributed by atoms with van der Waals surface area (Å²) in [6.45, 7) is 7.32. The van der Waals surface area contributed by atoms with Gasteiger partial charge in [-0.05, 0) is 25.5 Å². The van der Waals surface area contributed by atoms with Crippen LogP contribution in [0.4, 0.5) is 0 Å². The fraction of sp³-hybridized carbons (Fsp3) is 0.684. The van der Waals surface area contributed by atoms with Crippen LogP contribution in [-0.4, -0.2) is 53.5 Å². The SMILES string of the molecule is CC=CC(=O)O[C@@H]1C[C@H]2O[C@@H]3C=C(C)C(=O)[C@H]4OC[C@@]2(O)[C@@]1(C)[C@@]43C. The second-order valence-electron chi connectivity index (χ2n) is 8.02. The molecule has 0 aromatic carbocycles. The topological polar surface area (TPSA) is 82.1 Å². The Morgan fingerprint density at radius 1 is 1.44 bits per heavy atom. The van der Waals surface area contributed by atoms with Crippen LogP contribution in [0.15, 0.2) is 23.8 Å². The highest BCUT2D eigenvalue weighted by molar-refractivity contribution is 6.00. The van der Waals surface area contributed by atoms with Gasteiger partial charge in [0, 0.05) is 23.3 Å². The number of carbonyl (C=O) groups is 2. The lowest BCUT2D eigenvalue weighted by atomic mass is 9.48. The molecule has 6 heteroatoms. The molecule has 2 aliphatic heterocycles. The van der Waals surface area contributed by atoms with Crippen molar-refractivity contribution in [2.24, 2.45) is 10.8 Å². The largest absolute Gasteiger partial charge is 0.458 e. The van der Waals surface area contributed by atoms with E-state index in [1.807, 2.05) is 19.9 Å². The molecule has 7 atom stereocenters. The Labute approximate surface area is 146 Å². The summed E-state index contributed by atoms with van der Waals surface area (Å²) >= 11 is 0. The van der Waals surface area contributed by atoms with E-state index in [1.54, 1.807) is 19.9 Å². The van der Waals surface area contributed by atoms with Gasteiger partial charge in [-0.15, -0.1) is 0 Å². The van der Waals surface area contributed by atoms with Crippen molar-refractivity contribution in [1.29, 1.82) is 0 Å². The zero-order valence-electron chi connectivity index (χ0n) is 14.9. The van der Waals surface area contributed by atoms with E-state index in [0.717, 1.165) is 0 Å². The molecule has 0 radical (unpaired) electrons. The lowest BCUT2D eigenvalue weighted by molar-refractivity contribution is -0.345. The van der Waals surface area contributed by atoms with Crippen LogP contribution in [-0.2, 0) is 23.8 Å². The fourth-order valence-corrected chi connectivity index (χ4v) is 5.44. The molecule has 0 spiro atoms. The molecule has 1 saturated carbocycles. The maximum Gasteiger partial charge on any atom is 0.330 e. The zero-order chi connectivity index (χ0) is 18.2. The van der Waals surface area contributed by atoms with E-state index in [4.69, 9.17) is 14.2 Å². The van der Waals surface area contributed by atoms with Crippen molar-refractivity contribution < 1.29 is 28.9 Å². The lowest BCUT2D eigenvalue weighted by Gasteiger charge is -2.66. The van der Waals surface area contributed by atoms with Gasteiger partial charge in [0.15, 0.2) is 5.78 Å². The average molecular weight is 348 g/mol. The van der Waals surface area contributed by atoms with Gasteiger partial charge in [0.2, 0.25) is 0 Å². The maximum absolute atomic E-state index is 12.7. The predicted octanol–water partition coefficient (Wildman–Crippen LogP) is 1.32. The summed E-state index contributed by atoms with van der Waals surface area (Å²) in [6.07, 6.45) is 3.07. The third-order valence-electron chi connectivity index (χ3n) is 7.13. The Morgan fingerprint density at radius 2 is 2.16 bits per heavy atom. The quantitative estimate of drug-likeness (QED) is 0.599. The molecule has 4 rings (SSSR count). The summed E-state index contributed by atoms with van der Waals surface area (Å²) in [7, 11) is 0. The first-order valence-electron chi connectivity index (χ1n) is 8.75. The van der Waals surface area contributed by atoms with E-state index in [1.165, 1.54) is 6.08 Å². The normalized spacial score (nSPS) is 50.8. The third-order valence-corrected chi connectivity index (χ3v) is 7.13. The molecule has 0 unspecified atom stereocenters. The second-order valence-corrected chi connectivity index (χ2v) is 8.02. The highest BCUT2D eigenvalue weighted by Crippen LogP contribution is 2.69. The molecule has 2 saturated heterocycles. The van der Waals surface area contributed by atoms with Crippen LogP contribution in [0.1, 0.15) is 34.1 Å². The molecule has 3 fully saturated rings. The fourth-order valence-electron chi connectivity index (χ4n) is 5.44. The molecule has 4 aliphatic rings. The minimum Gasteiger partial charge on any atom is -0.458 e. The first-order chi connectivity index (χ1) is 11.7.